The highest BCUT2D eigenvalue weighted by Gasteiger charge is 2.12. The molecule has 2 aromatic carbocycles. The number of fused-ring (bicyclic) bond motifs is 1. The zero-order valence-corrected chi connectivity index (χ0v) is 9.66. The summed E-state index contributed by atoms with van der Waals surface area (Å²) in [6.45, 7) is 1.83. The fraction of sp³-hybridized carbons (Fsp3) is 0.154. The van der Waals surface area contributed by atoms with Crippen molar-refractivity contribution in [1.29, 1.82) is 0 Å². The minimum absolute atomic E-state index is 0.309. The molecule has 3 heteroatoms. The van der Waals surface area contributed by atoms with E-state index in [2.05, 4.69) is 12.6 Å². The van der Waals surface area contributed by atoms with Crippen LogP contribution in [0.3, 0.4) is 0 Å². The van der Waals surface area contributed by atoms with Crippen molar-refractivity contribution in [1.82, 2.24) is 0 Å². The zero-order chi connectivity index (χ0) is 11.5. The van der Waals surface area contributed by atoms with E-state index >= 15 is 0 Å². The number of carbonyl (C=O) groups excluding carboxylic acids is 1. The predicted octanol–water partition coefficient (Wildman–Crippen LogP) is 4.23. The second-order valence-electron chi connectivity index (χ2n) is 3.58. The maximum Gasteiger partial charge on any atom is 0.400 e. The zero-order valence-electron chi connectivity index (χ0n) is 8.84. The molecule has 0 spiro atoms. The molecule has 0 aromatic heterocycles. The third-order valence-electron chi connectivity index (χ3n) is 2.53. The van der Waals surface area contributed by atoms with Gasteiger partial charge in [0.15, 0.2) is 0 Å². The van der Waals surface area contributed by atoms with Gasteiger partial charge in [0.05, 0.1) is 0 Å². The lowest BCUT2D eigenvalue weighted by atomic mass is 10.0. The van der Waals surface area contributed by atoms with Gasteiger partial charge in [0, 0.05) is 18.2 Å². The average Bonchev–Trinajstić information content (AvgIpc) is 2.27. The molecule has 1 unspecified atom stereocenters. The van der Waals surface area contributed by atoms with Crippen molar-refractivity contribution in [3.63, 3.8) is 0 Å². The Labute approximate surface area is 99.6 Å². The minimum Gasteiger partial charge on any atom is -0.446 e. The molecule has 2 rings (SSSR count). The predicted molar refractivity (Wildman–Crippen MR) is 66.4 cm³/mol. The number of carbonyl (C=O) groups is 1. The van der Waals surface area contributed by atoms with Crippen LogP contribution in [0.5, 0.6) is 0 Å². The largest absolute Gasteiger partial charge is 0.446 e. The Balaban J connectivity index is 2.47. The van der Waals surface area contributed by atoms with E-state index < -0.39 is 5.30 Å². The molecular formula is C13H11O2S. The molecule has 0 heterocycles. The molecule has 0 N–H and O–H groups in total. The Morgan fingerprint density at radius 3 is 2.62 bits per heavy atom. The van der Waals surface area contributed by atoms with E-state index in [4.69, 9.17) is 4.74 Å². The second-order valence-corrected chi connectivity index (χ2v) is 3.91. The molecule has 0 saturated heterocycles. The quantitative estimate of drug-likeness (QED) is 0.723. The molecule has 0 aliphatic carbocycles. The van der Waals surface area contributed by atoms with Gasteiger partial charge in [-0.25, -0.2) is 4.79 Å². The van der Waals surface area contributed by atoms with Crippen molar-refractivity contribution in [3.05, 3.63) is 48.0 Å². The lowest BCUT2D eigenvalue weighted by molar-refractivity contribution is 0.135. The maximum atomic E-state index is 10.8. The van der Waals surface area contributed by atoms with Crippen LogP contribution in [-0.2, 0) is 4.74 Å². The van der Waals surface area contributed by atoms with Crippen LogP contribution in [-0.4, -0.2) is 5.30 Å². The monoisotopic (exact) mass is 231 g/mol. The van der Waals surface area contributed by atoms with Gasteiger partial charge in [0.25, 0.3) is 0 Å². The van der Waals surface area contributed by atoms with Crippen LogP contribution in [0.4, 0.5) is 4.79 Å². The van der Waals surface area contributed by atoms with Gasteiger partial charge >= 0.3 is 5.30 Å². The van der Waals surface area contributed by atoms with Gasteiger partial charge in [-0.05, 0) is 17.7 Å². The highest BCUT2D eigenvalue weighted by atomic mass is 32.1. The topological polar surface area (TPSA) is 26.3 Å². The molecule has 81 valence electrons. The molecule has 2 nitrogen and oxygen atoms in total. The fourth-order valence-electron chi connectivity index (χ4n) is 1.81. The van der Waals surface area contributed by atoms with Crippen LogP contribution < -0.4 is 0 Å². The Morgan fingerprint density at radius 1 is 1.19 bits per heavy atom. The van der Waals surface area contributed by atoms with Gasteiger partial charge in [-0.3, -0.25) is 0 Å². The smallest absolute Gasteiger partial charge is 0.400 e. The van der Waals surface area contributed by atoms with E-state index in [-0.39, 0.29) is 6.10 Å². The van der Waals surface area contributed by atoms with Crippen molar-refractivity contribution in [2.24, 2.45) is 0 Å². The summed E-state index contributed by atoms with van der Waals surface area (Å²) in [5.74, 6) is 0. The van der Waals surface area contributed by atoms with Gasteiger partial charge in [-0.1, -0.05) is 42.5 Å². The van der Waals surface area contributed by atoms with E-state index in [0.717, 1.165) is 16.3 Å². The lowest BCUT2D eigenvalue weighted by Crippen LogP contribution is -2.02. The number of benzene rings is 2. The fourth-order valence-corrected chi connectivity index (χ4v) is 1.96. The number of ether oxygens (including phenoxy) is 1. The third-order valence-corrected chi connectivity index (χ3v) is 2.63. The van der Waals surface area contributed by atoms with Crippen LogP contribution in [0.2, 0.25) is 0 Å². The SMILES string of the molecule is CC(OC(=O)[S])c1cccc2ccccc12. The molecule has 0 amide bonds. The normalized spacial score (nSPS) is 12.3. The Morgan fingerprint density at radius 2 is 1.88 bits per heavy atom. The average molecular weight is 231 g/mol. The van der Waals surface area contributed by atoms with Crippen LogP contribution in [0.25, 0.3) is 10.8 Å². The first-order chi connectivity index (χ1) is 7.68. The van der Waals surface area contributed by atoms with E-state index in [1.54, 1.807) is 0 Å². The summed E-state index contributed by atoms with van der Waals surface area (Å²) in [5.41, 5.74) is 0.983. The van der Waals surface area contributed by atoms with Gasteiger partial charge < -0.3 is 4.74 Å². The van der Waals surface area contributed by atoms with E-state index in [0.29, 0.717) is 0 Å². The molecule has 1 atom stereocenters. The number of hydrogen-bond acceptors (Lipinski definition) is 2. The summed E-state index contributed by atoms with van der Waals surface area (Å²) < 4.78 is 5.02. The molecule has 0 fully saturated rings. The molecule has 1 radical (unpaired) electrons. The van der Waals surface area contributed by atoms with Crippen LogP contribution in [0, 0.1) is 0 Å². The van der Waals surface area contributed by atoms with Crippen molar-refractivity contribution in [2.75, 3.05) is 0 Å². The van der Waals surface area contributed by atoms with Gasteiger partial charge in [0.1, 0.15) is 6.10 Å². The summed E-state index contributed by atoms with van der Waals surface area (Å²) in [6.07, 6.45) is -0.309. The minimum atomic E-state index is -0.666. The maximum absolute atomic E-state index is 10.8. The molecule has 0 bridgehead atoms. The summed E-state index contributed by atoms with van der Waals surface area (Å²) in [7, 11) is 0. The first kappa shape index (κ1) is 10.9. The first-order valence-electron chi connectivity index (χ1n) is 5.04. The highest BCUT2D eigenvalue weighted by Crippen LogP contribution is 2.26. The van der Waals surface area contributed by atoms with Crippen molar-refractivity contribution in [3.8, 4) is 0 Å². The van der Waals surface area contributed by atoms with Gasteiger partial charge in [-0.15, -0.1) is 0 Å². The van der Waals surface area contributed by atoms with Gasteiger partial charge in [-0.2, -0.15) is 0 Å². The third kappa shape index (κ3) is 2.14. The van der Waals surface area contributed by atoms with E-state index in [1.807, 2.05) is 49.4 Å². The standard InChI is InChI=1S/C13H11O2S/c1-9(15-13(14)16)11-8-4-6-10-5-2-3-7-12(10)11/h2-9H,1H3. The molecular weight excluding hydrogens is 220 g/mol. The number of rotatable bonds is 2. The molecule has 2 aromatic rings. The summed E-state index contributed by atoms with van der Waals surface area (Å²) >= 11 is 4.42. The van der Waals surface area contributed by atoms with Gasteiger partial charge in [0.2, 0.25) is 0 Å². The van der Waals surface area contributed by atoms with Crippen LogP contribution >= 0.6 is 12.6 Å². The molecule has 0 aliphatic heterocycles. The summed E-state index contributed by atoms with van der Waals surface area (Å²) in [5, 5.41) is 1.56. The van der Waals surface area contributed by atoms with Crippen molar-refractivity contribution in [2.45, 2.75) is 13.0 Å². The number of hydrogen-bond donors (Lipinski definition) is 0. The van der Waals surface area contributed by atoms with Crippen molar-refractivity contribution < 1.29 is 9.53 Å². The van der Waals surface area contributed by atoms with E-state index in [1.165, 1.54) is 0 Å². The van der Waals surface area contributed by atoms with Crippen LogP contribution in [0.1, 0.15) is 18.6 Å². The lowest BCUT2D eigenvalue weighted by Gasteiger charge is -2.13. The molecule has 0 aliphatic rings. The van der Waals surface area contributed by atoms with Crippen LogP contribution in [0.15, 0.2) is 42.5 Å². The Kier molecular flexibility index (Phi) is 3.06. The summed E-state index contributed by atoms with van der Waals surface area (Å²) in [4.78, 5) is 10.8. The van der Waals surface area contributed by atoms with E-state index in [9.17, 15) is 4.79 Å². The first-order valence-corrected chi connectivity index (χ1v) is 5.44. The Bertz CT molecular complexity index is 517. The summed E-state index contributed by atoms with van der Waals surface area (Å²) in [6, 6.07) is 13.9. The highest BCUT2D eigenvalue weighted by molar-refractivity contribution is 7.96. The molecule has 16 heavy (non-hydrogen) atoms. The molecule has 0 saturated carbocycles. The Hall–Kier alpha value is -1.61. The second kappa shape index (κ2) is 4.49. The van der Waals surface area contributed by atoms with Crippen molar-refractivity contribution >= 4 is 28.7 Å².